The third-order valence-corrected chi connectivity index (χ3v) is 8.69. The van der Waals surface area contributed by atoms with Gasteiger partial charge in [0.1, 0.15) is 11.6 Å². The highest BCUT2D eigenvalue weighted by Gasteiger charge is 2.35. The monoisotopic (exact) mass is 562 g/mol. The second-order valence-corrected chi connectivity index (χ2v) is 11.3. The molecule has 0 unspecified atom stereocenters. The summed E-state index contributed by atoms with van der Waals surface area (Å²) in [5, 5.41) is 16.3. The highest BCUT2D eigenvalue weighted by Crippen LogP contribution is 2.38. The number of nitrogens with zero attached hydrogens (tertiary/aromatic N) is 2. The fourth-order valence-corrected chi connectivity index (χ4v) is 6.21. The van der Waals surface area contributed by atoms with Crippen LogP contribution >= 0.6 is 0 Å². The second kappa shape index (κ2) is 10.1. The number of amides is 1. The Kier molecular flexibility index (Phi) is 6.99. The number of halogens is 3. The molecule has 2 aromatic carbocycles. The average Bonchev–Trinajstić information content (AvgIpc) is 3.29. The van der Waals surface area contributed by atoms with Gasteiger partial charge in [-0.25, -0.2) is 13.4 Å². The normalized spacial score (nSPS) is 19.9. The first-order valence-corrected chi connectivity index (χ1v) is 13.5. The van der Waals surface area contributed by atoms with Crippen LogP contribution in [0.3, 0.4) is 0 Å². The number of carbonyl (C=O) groups is 1. The Hall–Kier alpha value is -3.68. The van der Waals surface area contributed by atoms with Crippen molar-refractivity contribution in [3.63, 3.8) is 0 Å². The number of ether oxygens (including phenoxy) is 1. The van der Waals surface area contributed by atoms with E-state index in [0.717, 1.165) is 22.8 Å². The number of aliphatic hydroxyl groups excluding tert-OH is 1. The lowest BCUT2D eigenvalue weighted by Crippen LogP contribution is -2.51. The Morgan fingerprint density at radius 1 is 1.13 bits per heavy atom. The van der Waals surface area contributed by atoms with Crippen LogP contribution in [0.1, 0.15) is 17.5 Å². The maximum absolute atomic E-state index is 13.3. The van der Waals surface area contributed by atoms with E-state index in [-0.39, 0.29) is 42.6 Å². The summed E-state index contributed by atoms with van der Waals surface area (Å²) in [4.78, 5) is 15.6. The first-order valence-electron chi connectivity index (χ1n) is 12.0. The Labute approximate surface area is 222 Å². The molecule has 2 aliphatic rings. The minimum atomic E-state index is -4.51. The zero-order chi connectivity index (χ0) is 27.9. The van der Waals surface area contributed by atoms with E-state index >= 15 is 0 Å². The van der Waals surface area contributed by atoms with E-state index in [0.29, 0.717) is 17.6 Å². The highest BCUT2D eigenvalue weighted by molar-refractivity contribution is 7.89. The van der Waals surface area contributed by atoms with E-state index in [1.54, 1.807) is 18.2 Å². The van der Waals surface area contributed by atoms with Gasteiger partial charge in [-0.1, -0.05) is 12.1 Å². The fraction of sp³-hybridized carbons (Fsp3) is 0.308. The first-order chi connectivity index (χ1) is 18.5. The van der Waals surface area contributed by atoms with Gasteiger partial charge in [-0.05, 0) is 59.5 Å². The van der Waals surface area contributed by atoms with Crippen LogP contribution in [0, 0.1) is 0 Å². The van der Waals surface area contributed by atoms with Crippen LogP contribution in [0.2, 0.25) is 0 Å². The first kappa shape index (κ1) is 26.9. The molecule has 3 N–H and O–H groups in total. The minimum Gasteiger partial charge on any atom is -0.495 e. The Bertz CT molecular complexity index is 1500. The maximum Gasteiger partial charge on any atom is 0.417 e. The van der Waals surface area contributed by atoms with Crippen molar-refractivity contribution in [1.82, 2.24) is 9.29 Å². The predicted molar refractivity (Wildman–Crippen MR) is 137 cm³/mol. The van der Waals surface area contributed by atoms with Crippen LogP contribution < -0.4 is 15.4 Å². The summed E-state index contributed by atoms with van der Waals surface area (Å²) >= 11 is 0. The molecule has 3 aromatic rings. The van der Waals surface area contributed by atoms with Gasteiger partial charge >= 0.3 is 6.18 Å². The molecule has 2 atom stereocenters. The molecule has 0 saturated carbocycles. The number of anilines is 2. The predicted octanol–water partition coefficient (Wildman–Crippen LogP) is 3.51. The largest absolute Gasteiger partial charge is 0.495 e. The molecule has 2 aliphatic heterocycles. The van der Waals surface area contributed by atoms with Crippen molar-refractivity contribution in [2.45, 2.75) is 36.1 Å². The third-order valence-electron chi connectivity index (χ3n) is 6.81. The fourth-order valence-electron chi connectivity index (χ4n) is 4.73. The summed E-state index contributed by atoms with van der Waals surface area (Å²) in [6.07, 6.45) is -4.45. The van der Waals surface area contributed by atoms with Gasteiger partial charge in [0.05, 0.1) is 41.8 Å². The standard InChI is InChI=1S/C26H25F3N4O5S/c1-38-22-11-16(10-17-12-24(35)32-25(17)22)15-2-5-19(6-3-15)39(36,37)33-9-8-20(21(34)14-33)31-23-7-4-18(13-30-23)26(27,28)29/h2-7,10-11,13,20-21,34H,8-9,12,14H2,1H3,(H,30,31)(H,32,35)/t20-,21+/m1/s1. The number of carbonyl (C=O) groups excluding carboxylic acids is 1. The van der Waals surface area contributed by atoms with Crippen molar-refractivity contribution in [3.8, 4) is 16.9 Å². The Morgan fingerprint density at radius 3 is 2.49 bits per heavy atom. The molecule has 1 aromatic heterocycles. The highest BCUT2D eigenvalue weighted by atomic mass is 32.2. The minimum absolute atomic E-state index is 0.0548. The van der Waals surface area contributed by atoms with Crippen LogP contribution in [-0.4, -0.2) is 61.1 Å². The molecule has 1 amide bonds. The van der Waals surface area contributed by atoms with E-state index < -0.39 is 33.9 Å². The second-order valence-electron chi connectivity index (χ2n) is 9.36. The summed E-state index contributed by atoms with van der Waals surface area (Å²) < 4.78 is 71.4. The molecular formula is C26H25F3N4O5S. The molecule has 3 heterocycles. The molecular weight excluding hydrogens is 537 g/mol. The number of rotatable bonds is 6. The van der Waals surface area contributed by atoms with Gasteiger partial charge < -0.3 is 20.5 Å². The number of alkyl halides is 3. The van der Waals surface area contributed by atoms with Crippen LogP contribution in [-0.2, 0) is 27.4 Å². The number of benzene rings is 2. The number of nitrogens with one attached hydrogen (secondary N) is 2. The number of sulfonamides is 1. The van der Waals surface area contributed by atoms with Crippen molar-refractivity contribution in [1.29, 1.82) is 0 Å². The summed E-state index contributed by atoms with van der Waals surface area (Å²) in [6.45, 7) is -0.0894. The molecule has 9 nitrogen and oxygen atoms in total. The van der Waals surface area contributed by atoms with Crippen LogP contribution in [0.25, 0.3) is 11.1 Å². The van der Waals surface area contributed by atoms with E-state index in [2.05, 4.69) is 15.6 Å². The number of fused-ring (bicyclic) bond motifs is 1. The maximum atomic E-state index is 13.3. The molecule has 13 heteroatoms. The topological polar surface area (TPSA) is 121 Å². The smallest absolute Gasteiger partial charge is 0.417 e. The van der Waals surface area contributed by atoms with Crippen molar-refractivity contribution in [2.75, 3.05) is 30.8 Å². The third kappa shape index (κ3) is 5.42. The van der Waals surface area contributed by atoms with Gasteiger partial charge in [-0.15, -0.1) is 0 Å². The lowest BCUT2D eigenvalue weighted by Gasteiger charge is -2.35. The van der Waals surface area contributed by atoms with Gasteiger partial charge in [0, 0.05) is 19.3 Å². The molecule has 206 valence electrons. The summed E-state index contributed by atoms with van der Waals surface area (Å²) in [7, 11) is -2.41. The number of hydrogen-bond acceptors (Lipinski definition) is 7. The van der Waals surface area contributed by atoms with Crippen LogP contribution in [0.15, 0.2) is 59.6 Å². The van der Waals surface area contributed by atoms with Gasteiger partial charge in [0.15, 0.2) is 0 Å². The van der Waals surface area contributed by atoms with E-state index in [1.807, 2.05) is 6.07 Å². The summed E-state index contributed by atoms with van der Waals surface area (Å²) in [5.41, 5.74) is 2.05. The van der Waals surface area contributed by atoms with Gasteiger partial charge in [-0.2, -0.15) is 17.5 Å². The lowest BCUT2D eigenvalue weighted by molar-refractivity contribution is -0.137. The van der Waals surface area contributed by atoms with Crippen molar-refractivity contribution >= 4 is 27.4 Å². The van der Waals surface area contributed by atoms with Gasteiger partial charge in [-0.3, -0.25) is 4.79 Å². The molecule has 0 aliphatic carbocycles. The zero-order valence-corrected chi connectivity index (χ0v) is 21.5. The number of methoxy groups -OCH3 is 1. The van der Waals surface area contributed by atoms with E-state index in [4.69, 9.17) is 4.74 Å². The number of pyridine rings is 1. The van der Waals surface area contributed by atoms with Crippen LogP contribution in [0.5, 0.6) is 5.75 Å². The molecule has 1 fully saturated rings. The summed E-state index contributed by atoms with van der Waals surface area (Å²) in [6, 6.07) is 11.4. The molecule has 0 radical (unpaired) electrons. The van der Waals surface area contributed by atoms with Crippen molar-refractivity contribution in [3.05, 3.63) is 65.9 Å². The number of piperidine rings is 1. The van der Waals surface area contributed by atoms with E-state index in [9.17, 15) is 31.5 Å². The zero-order valence-electron chi connectivity index (χ0n) is 20.7. The van der Waals surface area contributed by atoms with Gasteiger partial charge in [0.25, 0.3) is 0 Å². The van der Waals surface area contributed by atoms with Crippen LogP contribution in [0.4, 0.5) is 24.7 Å². The average molecular weight is 563 g/mol. The summed E-state index contributed by atoms with van der Waals surface area (Å²) in [5.74, 6) is 0.544. The number of aromatic nitrogens is 1. The molecule has 39 heavy (non-hydrogen) atoms. The van der Waals surface area contributed by atoms with E-state index in [1.165, 1.54) is 29.6 Å². The molecule has 0 spiro atoms. The molecule has 0 bridgehead atoms. The Balaban J connectivity index is 1.27. The number of aliphatic hydroxyl groups is 1. The Morgan fingerprint density at radius 2 is 1.87 bits per heavy atom. The molecule has 1 saturated heterocycles. The molecule has 5 rings (SSSR count). The van der Waals surface area contributed by atoms with Crippen molar-refractivity contribution < 1.29 is 36.2 Å². The van der Waals surface area contributed by atoms with Gasteiger partial charge in [0.2, 0.25) is 15.9 Å². The number of hydrogen-bond donors (Lipinski definition) is 3. The number of β-amino-alcohol motifs (C(OH)–C–C–N with tert-alkyl or cyclic N) is 1. The quantitative estimate of drug-likeness (QED) is 0.421. The SMILES string of the molecule is COc1cc(-c2ccc(S(=O)(=O)N3CC[C@@H](Nc4ccc(C(F)(F)F)cn4)[C@@H](O)C3)cc2)cc2c1NC(=O)C2. The van der Waals surface area contributed by atoms with Crippen molar-refractivity contribution in [2.24, 2.45) is 0 Å². The lowest BCUT2D eigenvalue weighted by atomic mass is 10.0.